The van der Waals surface area contributed by atoms with Crippen LogP contribution in [0.2, 0.25) is 0 Å². The van der Waals surface area contributed by atoms with E-state index in [0.717, 1.165) is 6.54 Å². The highest BCUT2D eigenvalue weighted by atomic mass is 16.3. The fourth-order valence-electron chi connectivity index (χ4n) is 1.04. The molecule has 96 valence electrons. The molecule has 0 fully saturated rings. The number of phenolic OH excluding ortho intramolecular Hbond substituents is 1. The maximum Gasteiger partial charge on any atom is 0.223 e. The third-order valence-electron chi connectivity index (χ3n) is 2.29. The number of amides is 1. The lowest BCUT2D eigenvalue weighted by molar-refractivity contribution is -0.129. The summed E-state index contributed by atoms with van der Waals surface area (Å²) in [5.41, 5.74) is 6.34. The van der Waals surface area contributed by atoms with Gasteiger partial charge in [0.15, 0.2) is 0 Å². The van der Waals surface area contributed by atoms with Gasteiger partial charge in [0.2, 0.25) is 5.91 Å². The summed E-state index contributed by atoms with van der Waals surface area (Å²) in [4.78, 5) is 12.5. The molecule has 0 spiro atoms. The molecule has 0 radical (unpaired) electrons. The first-order valence-corrected chi connectivity index (χ1v) is 5.71. The van der Waals surface area contributed by atoms with E-state index < -0.39 is 0 Å². The SMILES string of the molecule is CCN(C)C(=O)CCN.Cc1ccc(O)cc1. The number of hydrogen-bond donors (Lipinski definition) is 2. The molecular formula is C13H22N2O2. The zero-order valence-corrected chi connectivity index (χ0v) is 10.8. The maximum atomic E-state index is 10.8. The molecular weight excluding hydrogens is 216 g/mol. The molecule has 0 atom stereocenters. The van der Waals surface area contributed by atoms with Crippen molar-refractivity contribution >= 4 is 5.91 Å². The molecule has 0 aliphatic heterocycles. The van der Waals surface area contributed by atoms with Gasteiger partial charge in [-0.25, -0.2) is 0 Å². The number of aromatic hydroxyl groups is 1. The minimum absolute atomic E-state index is 0.125. The summed E-state index contributed by atoms with van der Waals surface area (Å²) in [7, 11) is 1.78. The van der Waals surface area contributed by atoms with Crippen molar-refractivity contribution in [3.63, 3.8) is 0 Å². The van der Waals surface area contributed by atoms with E-state index in [-0.39, 0.29) is 5.91 Å². The van der Waals surface area contributed by atoms with Crippen LogP contribution in [0.1, 0.15) is 18.9 Å². The van der Waals surface area contributed by atoms with Crippen LogP contribution in [0.25, 0.3) is 0 Å². The van der Waals surface area contributed by atoms with Gasteiger partial charge in [0.25, 0.3) is 0 Å². The van der Waals surface area contributed by atoms with Crippen LogP contribution in [0.4, 0.5) is 0 Å². The van der Waals surface area contributed by atoms with Crippen molar-refractivity contribution in [2.45, 2.75) is 20.3 Å². The van der Waals surface area contributed by atoms with Gasteiger partial charge in [-0.1, -0.05) is 17.7 Å². The van der Waals surface area contributed by atoms with Gasteiger partial charge < -0.3 is 15.7 Å². The Morgan fingerprint density at radius 1 is 1.35 bits per heavy atom. The molecule has 3 N–H and O–H groups in total. The number of rotatable bonds is 3. The first kappa shape index (κ1) is 15.4. The summed E-state index contributed by atoms with van der Waals surface area (Å²) in [6.07, 6.45) is 0.463. The average Bonchev–Trinajstić information content (AvgIpc) is 2.33. The van der Waals surface area contributed by atoms with Crippen molar-refractivity contribution in [1.82, 2.24) is 4.90 Å². The van der Waals surface area contributed by atoms with E-state index in [1.807, 2.05) is 26.0 Å². The first-order valence-electron chi connectivity index (χ1n) is 5.71. The van der Waals surface area contributed by atoms with Gasteiger partial charge in [0.05, 0.1) is 0 Å². The number of nitrogens with two attached hydrogens (primary N) is 1. The van der Waals surface area contributed by atoms with E-state index in [1.54, 1.807) is 24.1 Å². The zero-order valence-electron chi connectivity index (χ0n) is 10.8. The molecule has 0 aliphatic carbocycles. The van der Waals surface area contributed by atoms with Crippen molar-refractivity contribution < 1.29 is 9.90 Å². The molecule has 4 heteroatoms. The second-order valence-electron chi connectivity index (χ2n) is 3.78. The van der Waals surface area contributed by atoms with Crippen LogP contribution < -0.4 is 5.73 Å². The number of aryl methyl sites for hydroxylation is 1. The summed E-state index contributed by atoms with van der Waals surface area (Å²) >= 11 is 0. The number of hydrogen-bond acceptors (Lipinski definition) is 3. The van der Waals surface area contributed by atoms with Crippen molar-refractivity contribution in [3.05, 3.63) is 29.8 Å². The molecule has 4 nitrogen and oxygen atoms in total. The molecule has 1 aromatic rings. The second-order valence-corrected chi connectivity index (χ2v) is 3.78. The number of benzene rings is 1. The smallest absolute Gasteiger partial charge is 0.223 e. The van der Waals surface area contributed by atoms with E-state index >= 15 is 0 Å². The zero-order chi connectivity index (χ0) is 13.3. The maximum absolute atomic E-state index is 10.8. The summed E-state index contributed by atoms with van der Waals surface area (Å²) < 4.78 is 0. The highest BCUT2D eigenvalue weighted by Gasteiger charge is 2.02. The molecule has 1 aromatic carbocycles. The van der Waals surface area contributed by atoms with Gasteiger partial charge in [-0.3, -0.25) is 4.79 Å². The second kappa shape index (κ2) is 8.58. The fourth-order valence-corrected chi connectivity index (χ4v) is 1.04. The summed E-state index contributed by atoms with van der Waals surface area (Å²) in [5.74, 6) is 0.454. The van der Waals surface area contributed by atoms with Crippen molar-refractivity contribution in [2.75, 3.05) is 20.1 Å². The summed E-state index contributed by atoms with van der Waals surface area (Å²) in [6.45, 7) is 5.13. The molecule has 1 amide bonds. The lowest BCUT2D eigenvalue weighted by atomic mass is 10.2. The Balaban J connectivity index is 0.000000302. The van der Waals surface area contributed by atoms with Crippen LogP contribution in [0.15, 0.2) is 24.3 Å². The quantitative estimate of drug-likeness (QED) is 0.839. The number of carbonyl (C=O) groups excluding carboxylic acids is 1. The van der Waals surface area contributed by atoms with Crippen molar-refractivity contribution in [3.8, 4) is 5.75 Å². The van der Waals surface area contributed by atoms with Gasteiger partial charge in [-0.2, -0.15) is 0 Å². The normalized spacial score (nSPS) is 9.18. The van der Waals surface area contributed by atoms with Crippen LogP contribution in [-0.2, 0) is 4.79 Å². The van der Waals surface area contributed by atoms with E-state index in [4.69, 9.17) is 10.8 Å². The van der Waals surface area contributed by atoms with Crippen LogP contribution in [0.3, 0.4) is 0 Å². The predicted octanol–water partition coefficient (Wildman–Crippen LogP) is 1.51. The Kier molecular flexibility index (Phi) is 7.80. The Morgan fingerprint density at radius 2 is 1.88 bits per heavy atom. The number of carbonyl (C=O) groups is 1. The van der Waals surface area contributed by atoms with E-state index in [1.165, 1.54) is 5.56 Å². The molecule has 0 bridgehead atoms. The first-order chi connectivity index (χ1) is 8.01. The molecule has 0 aromatic heterocycles. The molecule has 0 aliphatic rings. The van der Waals surface area contributed by atoms with Gasteiger partial charge in [0.1, 0.15) is 5.75 Å². The van der Waals surface area contributed by atoms with E-state index in [9.17, 15) is 4.79 Å². The Bertz CT molecular complexity index is 302. The third kappa shape index (κ3) is 7.36. The van der Waals surface area contributed by atoms with Gasteiger partial charge >= 0.3 is 0 Å². The molecule has 0 saturated heterocycles. The van der Waals surface area contributed by atoms with E-state index in [0.29, 0.717) is 18.7 Å². The third-order valence-corrected chi connectivity index (χ3v) is 2.29. The molecule has 1 rings (SSSR count). The lowest BCUT2D eigenvalue weighted by Gasteiger charge is -2.12. The highest BCUT2D eigenvalue weighted by Crippen LogP contribution is 2.07. The minimum atomic E-state index is 0.125. The largest absolute Gasteiger partial charge is 0.508 e. The van der Waals surface area contributed by atoms with Crippen LogP contribution >= 0.6 is 0 Å². The van der Waals surface area contributed by atoms with Crippen LogP contribution in [0.5, 0.6) is 5.75 Å². The van der Waals surface area contributed by atoms with Crippen molar-refractivity contribution in [1.29, 1.82) is 0 Å². The van der Waals surface area contributed by atoms with Crippen LogP contribution in [0, 0.1) is 6.92 Å². The molecule has 0 unspecified atom stereocenters. The fraction of sp³-hybridized carbons (Fsp3) is 0.462. The van der Waals surface area contributed by atoms with Gasteiger partial charge in [-0.05, 0) is 26.0 Å². The highest BCUT2D eigenvalue weighted by molar-refractivity contribution is 5.75. The predicted molar refractivity (Wildman–Crippen MR) is 69.8 cm³/mol. The topological polar surface area (TPSA) is 66.6 Å². The van der Waals surface area contributed by atoms with Gasteiger partial charge in [-0.15, -0.1) is 0 Å². The standard InChI is InChI=1S/C7H8O.C6H14N2O/c1-6-2-4-7(8)5-3-6;1-3-8(2)6(9)4-5-7/h2-5,8H,1H3;3-5,7H2,1-2H3. The monoisotopic (exact) mass is 238 g/mol. The average molecular weight is 238 g/mol. The van der Waals surface area contributed by atoms with Gasteiger partial charge in [0, 0.05) is 26.6 Å². The molecule has 0 saturated carbocycles. The van der Waals surface area contributed by atoms with Crippen LogP contribution in [-0.4, -0.2) is 36.1 Å². The summed E-state index contributed by atoms with van der Waals surface area (Å²) in [6, 6.07) is 7.09. The molecule has 0 heterocycles. The Labute approximate surface area is 103 Å². The number of nitrogens with zero attached hydrogens (tertiary/aromatic N) is 1. The summed E-state index contributed by atoms with van der Waals surface area (Å²) in [5, 5.41) is 8.76. The van der Waals surface area contributed by atoms with E-state index in [2.05, 4.69) is 0 Å². The Hall–Kier alpha value is -1.55. The minimum Gasteiger partial charge on any atom is -0.508 e. The lowest BCUT2D eigenvalue weighted by Crippen LogP contribution is -2.27. The Morgan fingerprint density at radius 3 is 2.24 bits per heavy atom. The molecule has 17 heavy (non-hydrogen) atoms. The van der Waals surface area contributed by atoms with Crippen molar-refractivity contribution in [2.24, 2.45) is 5.73 Å². The number of phenols is 1.